The lowest BCUT2D eigenvalue weighted by Crippen LogP contribution is -2.41. The van der Waals surface area contributed by atoms with E-state index in [0.29, 0.717) is 29.6 Å². The van der Waals surface area contributed by atoms with Crippen molar-refractivity contribution >= 4 is 23.3 Å². The summed E-state index contributed by atoms with van der Waals surface area (Å²) in [5.74, 6) is 0.891. The van der Waals surface area contributed by atoms with Crippen LogP contribution in [0.4, 0.5) is 16.2 Å². The first-order valence-electron chi connectivity index (χ1n) is 9.67. The lowest BCUT2D eigenvalue weighted by atomic mass is 9.90. The molecule has 0 spiro atoms. The van der Waals surface area contributed by atoms with Gasteiger partial charge in [-0.25, -0.2) is 4.79 Å². The Hall–Kier alpha value is -3.02. The molecule has 0 radical (unpaired) electrons. The van der Waals surface area contributed by atoms with Gasteiger partial charge in [-0.15, -0.1) is 0 Å². The van der Waals surface area contributed by atoms with E-state index in [2.05, 4.69) is 36.5 Å². The molecule has 4 rings (SSSR count). The highest BCUT2D eigenvalue weighted by molar-refractivity contribution is 5.98. The molecule has 1 fully saturated rings. The van der Waals surface area contributed by atoms with Gasteiger partial charge in [0.25, 0.3) is 5.91 Å². The molecule has 6 heteroatoms. The van der Waals surface area contributed by atoms with Crippen LogP contribution in [0.1, 0.15) is 29.9 Å². The molecule has 2 aliphatic rings. The SMILES string of the molecule is Cc1cccc(C2CCCN(C(=O)Nc3ccc4c(c3)OCC(=O)N4C)C2)c1. The molecule has 0 bridgehead atoms. The molecule has 1 N–H and O–H groups in total. The number of fused-ring (bicyclic) bond motifs is 1. The molecule has 2 aliphatic heterocycles. The Kier molecular flexibility index (Phi) is 4.94. The monoisotopic (exact) mass is 379 g/mol. The molecular weight excluding hydrogens is 354 g/mol. The highest BCUT2D eigenvalue weighted by Gasteiger charge is 2.26. The standard InChI is InChI=1S/C22H25N3O3/c1-15-5-3-6-16(11-15)17-7-4-10-25(13-17)22(27)23-18-8-9-19-20(12-18)28-14-21(26)24(19)2/h3,5-6,8-9,11-12,17H,4,7,10,13-14H2,1-2H3,(H,23,27). The van der Waals surface area contributed by atoms with Gasteiger partial charge < -0.3 is 19.9 Å². The van der Waals surface area contributed by atoms with Crippen LogP contribution in [-0.4, -0.2) is 43.6 Å². The van der Waals surface area contributed by atoms with Crippen LogP contribution in [0, 0.1) is 6.92 Å². The van der Waals surface area contributed by atoms with Crippen molar-refractivity contribution in [2.45, 2.75) is 25.7 Å². The average Bonchev–Trinajstić information content (AvgIpc) is 2.71. The van der Waals surface area contributed by atoms with Gasteiger partial charge in [0.15, 0.2) is 6.61 Å². The quantitative estimate of drug-likeness (QED) is 0.864. The van der Waals surface area contributed by atoms with Gasteiger partial charge in [0, 0.05) is 37.8 Å². The number of hydrogen-bond acceptors (Lipinski definition) is 3. The van der Waals surface area contributed by atoms with Gasteiger partial charge in [-0.05, 0) is 37.5 Å². The van der Waals surface area contributed by atoms with Crippen molar-refractivity contribution in [3.05, 3.63) is 53.6 Å². The minimum Gasteiger partial charge on any atom is -0.481 e. The molecule has 3 amide bonds. The zero-order valence-corrected chi connectivity index (χ0v) is 16.3. The molecule has 2 aromatic carbocycles. The summed E-state index contributed by atoms with van der Waals surface area (Å²) in [6, 6.07) is 13.8. The number of benzene rings is 2. The molecular formula is C22H25N3O3. The first-order valence-corrected chi connectivity index (χ1v) is 9.67. The summed E-state index contributed by atoms with van der Waals surface area (Å²) < 4.78 is 5.50. The van der Waals surface area contributed by atoms with Crippen LogP contribution in [0.2, 0.25) is 0 Å². The highest BCUT2D eigenvalue weighted by atomic mass is 16.5. The third kappa shape index (κ3) is 3.67. The first-order chi connectivity index (χ1) is 13.5. The maximum atomic E-state index is 12.8. The predicted molar refractivity (Wildman–Crippen MR) is 109 cm³/mol. The molecule has 6 nitrogen and oxygen atoms in total. The van der Waals surface area contributed by atoms with Crippen LogP contribution >= 0.6 is 0 Å². The number of anilines is 2. The molecule has 1 saturated heterocycles. The van der Waals surface area contributed by atoms with Crippen molar-refractivity contribution < 1.29 is 14.3 Å². The maximum Gasteiger partial charge on any atom is 0.321 e. The normalized spacial score (nSPS) is 19.1. The van der Waals surface area contributed by atoms with E-state index in [0.717, 1.165) is 19.4 Å². The summed E-state index contributed by atoms with van der Waals surface area (Å²) in [7, 11) is 1.72. The average molecular weight is 379 g/mol. The Labute approximate surface area is 165 Å². The van der Waals surface area contributed by atoms with E-state index in [1.807, 2.05) is 4.90 Å². The van der Waals surface area contributed by atoms with Crippen LogP contribution in [0.25, 0.3) is 0 Å². The molecule has 2 aromatic rings. The first kappa shape index (κ1) is 18.3. The number of carbonyl (C=O) groups is 2. The van der Waals surface area contributed by atoms with Crippen molar-refractivity contribution in [3.63, 3.8) is 0 Å². The number of aryl methyl sites for hydroxylation is 1. The van der Waals surface area contributed by atoms with Gasteiger partial charge in [-0.3, -0.25) is 4.79 Å². The number of nitrogens with zero attached hydrogens (tertiary/aromatic N) is 2. The van der Waals surface area contributed by atoms with E-state index in [1.165, 1.54) is 11.1 Å². The maximum absolute atomic E-state index is 12.8. The highest BCUT2D eigenvalue weighted by Crippen LogP contribution is 2.34. The van der Waals surface area contributed by atoms with E-state index in [1.54, 1.807) is 30.1 Å². The fourth-order valence-electron chi connectivity index (χ4n) is 3.92. The summed E-state index contributed by atoms with van der Waals surface area (Å²) >= 11 is 0. The van der Waals surface area contributed by atoms with Crippen LogP contribution in [0.3, 0.4) is 0 Å². The second-order valence-electron chi connectivity index (χ2n) is 7.55. The number of hydrogen-bond donors (Lipinski definition) is 1. The van der Waals surface area contributed by atoms with E-state index >= 15 is 0 Å². The Bertz CT molecular complexity index is 912. The van der Waals surface area contributed by atoms with Gasteiger partial charge in [0.1, 0.15) is 5.75 Å². The summed E-state index contributed by atoms with van der Waals surface area (Å²) in [5, 5.41) is 2.97. The lowest BCUT2D eigenvalue weighted by Gasteiger charge is -2.33. The zero-order chi connectivity index (χ0) is 19.7. The lowest BCUT2D eigenvalue weighted by molar-refractivity contribution is -0.120. The van der Waals surface area contributed by atoms with Crippen molar-refractivity contribution in [3.8, 4) is 5.75 Å². The Balaban J connectivity index is 1.44. The van der Waals surface area contributed by atoms with E-state index in [-0.39, 0.29) is 18.5 Å². The van der Waals surface area contributed by atoms with Crippen molar-refractivity contribution in [1.29, 1.82) is 0 Å². The number of amides is 3. The third-order valence-corrected chi connectivity index (χ3v) is 5.52. The fraction of sp³-hybridized carbons (Fsp3) is 0.364. The van der Waals surface area contributed by atoms with Crippen molar-refractivity contribution in [2.24, 2.45) is 0 Å². The van der Waals surface area contributed by atoms with Crippen LogP contribution in [-0.2, 0) is 4.79 Å². The Morgan fingerprint density at radius 1 is 1.21 bits per heavy atom. The Morgan fingerprint density at radius 3 is 2.89 bits per heavy atom. The van der Waals surface area contributed by atoms with Gasteiger partial charge >= 0.3 is 6.03 Å². The van der Waals surface area contributed by atoms with Gasteiger partial charge in [-0.1, -0.05) is 29.8 Å². The predicted octanol–water partition coefficient (Wildman–Crippen LogP) is 3.76. The van der Waals surface area contributed by atoms with Gasteiger partial charge in [0.2, 0.25) is 0 Å². The molecule has 1 unspecified atom stereocenters. The van der Waals surface area contributed by atoms with Crippen molar-refractivity contribution in [2.75, 3.05) is 37.0 Å². The van der Waals surface area contributed by atoms with Gasteiger partial charge in [-0.2, -0.15) is 0 Å². The van der Waals surface area contributed by atoms with E-state index in [9.17, 15) is 9.59 Å². The number of ether oxygens (including phenoxy) is 1. The topological polar surface area (TPSA) is 61.9 Å². The van der Waals surface area contributed by atoms with Crippen LogP contribution in [0.5, 0.6) is 5.75 Å². The zero-order valence-electron chi connectivity index (χ0n) is 16.3. The van der Waals surface area contributed by atoms with E-state index < -0.39 is 0 Å². The molecule has 2 heterocycles. The van der Waals surface area contributed by atoms with Gasteiger partial charge in [0.05, 0.1) is 5.69 Å². The van der Waals surface area contributed by atoms with Crippen LogP contribution < -0.4 is 15.0 Å². The second-order valence-corrected chi connectivity index (χ2v) is 7.55. The number of piperidine rings is 1. The number of rotatable bonds is 2. The van der Waals surface area contributed by atoms with E-state index in [4.69, 9.17) is 4.74 Å². The smallest absolute Gasteiger partial charge is 0.321 e. The Morgan fingerprint density at radius 2 is 2.07 bits per heavy atom. The fourth-order valence-corrected chi connectivity index (χ4v) is 3.92. The molecule has 0 aliphatic carbocycles. The van der Waals surface area contributed by atoms with Crippen molar-refractivity contribution in [1.82, 2.24) is 4.90 Å². The number of likely N-dealkylation sites (N-methyl/N-ethyl adjacent to an activating group) is 1. The minimum atomic E-state index is -0.0995. The van der Waals surface area contributed by atoms with Crippen LogP contribution in [0.15, 0.2) is 42.5 Å². The molecule has 1 atom stereocenters. The number of urea groups is 1. The molecule has 0 saturated carbocycles. The third-order valence-electron chi connectivity index (χ3n) is 5.52. The summed E-state index contributed by atoms with van der Waals surface area (Å²) in [4.78, 5) is 28.0. The number of nitrogens with one attached hydrogen (secondary N) is 1. The summed E-state index contributed by atoms with van der Waals surface area (Å²) in [5.41, 5.74) is 3.93. The number of carbonyl (C=O) groups excluding carboxylic acids is 2. The summed E-state index contributed by atoms with van der Waals surface area (Å²) in [6.07, 6.45) is 2.09. The second kappa shape index (κ2) is 7.54. The summed E-state index contributed by atoms with van der Waals surface area (Å²) in [6.45, 7) is 3.59. The number of likely N-dealkylation sites (tertiary alicyclic amines) is 1. The largest absolute Gasteiger partial charge is 0.481 e. The molecule has 146 valence electrons. The molecule has 28 heavy (non-hydrogen) atoms. The molecule has 0 aromatic heterocycles. The minimum absolute atomic E-state index is 0.0190.